The van der Waals surface area contributed by atoms with Crippen LogP contribution in [0.25, 0.3) is 0 Å². The lowest BCUT2D eigenvalue weighted by Crippen LogP contribution is -2.59. The number of carbonyl (C=O) groups is 2. The molecule has 0 saturated carbocycles. The van der Waals surface area contributed by atoms with Crippen LogP contribution >= 0.6 is 0 Å². The first-order valence-corrected chi connectivity index (χ1v) is 20.8. The second-order valence-electron chi connectivity index (χ2n) is 14.4. The van der Waals surface area contributed by atoms with Gasteiger partial charge in [-0.1, -0.05) is 142 Å². The Kier molecular flexibility index (Phi) is 30.7. The number of ether oxygens (including phenoxy) is 4. The maximum Gasteiger partial charge on any atom is 0.306 e. The molecule has 10 heteroatoms. The van der Waals surface area contributed by atoms with E-state index in [4.69, 9.17) is 18.9 Å². The number of esters is 2. The van der Waals surface area contributed by atoms with Crippen molar-refractivity contribution in [1.82, 2.24) is 0 Å². The minimum Gasteiger partial charge on any atom is -0.462 e. The van der Waals surface area contributed by atoms with Crippen molar-refractivity contribution >= 4 is 11.9 Å². The lowest BCUT2D eigenvalue weighted by atomic mass is 9.99. The Morgan fingerprint density at radius 1 is 0.588 bits per heavy atom. The first-order chi connectivity index (χ1) is 24.8. The second-order valence-corrected chi connectivity index (χ2v) is 14.4. The van der Waals surface area contributed by atoms with Gasteiger partial charge >= 0.3 is 11.9 Å². The average Bonchev–Trinajstić information content (AvgIpc) is 3.13. The molecule has 0 radical (unpaired) electrons. The van der Waals surface area contributed by atoms with Gasteiger partial charge < -0.3 is 39.4 Å². The van der Waals surface area contributed by atoms with E-state index in [-0.39, 0.29) is 32.0 Å². The number of unbranched alkanes of at least 4 members (excludes halogenated alkanes) is 21. The highest BCUT2D eigenvalue weighted by atomic mass is 16.7. The lowest BCUT2D eigenvalue weighted by molar-refractivity contribution is -0.305. The number of hydrogen-bond donors (Lipinski definition) is 4. The molecule has 1 unspecified atom stereocenters. The number of aliphatic hydroxyl groups excluding tert-OH is 4. The van der Waals surface area contributed by atoms with E-state index in [0.29, 0.717) is 6.42 Å². The van der Waals surface area contributed by atoms with Crippen LogP contribution in [0.15, 0.2) is 12.2 Å². The smallest absolute Gasteiger partial charge is 0.306 e. The molecule has 6 atom stereocenters. The van der Waals surface area contributed by atoms with Gasteiger partial charge in [0.15, 0.2) is 12.4 Å². The summed E-state index contributed by atoms with van der Waals surface area (Å²) in [4.78, 5) is 25.2. The van der Waals surface area contributed by atoms with Gasteiger partial charge in [-0.25, -0.2) is 0 Å². The topological polar surface area (TPSA) is 152 Å². The van der Waals surface area contributed by atoms with Crippen molar-refractivity contribution in [1.29, 1.82) is 0 Å². The fourth-order valence-corrected chi connectivity index (χ4v) is 6.30. The van der Waals surface area contributed by atoms with Gasteiger partial charge in [0.05, 0.1) is 13.2 Å². The van der Waals surface area contributed by atoms with Gasteiger partial charge in [0.25, 0.3) is 0 Å². The Morgan fingerprint density at radius 3 is 1.55 bits per heavy atom. The number of allylic oxidation sites excluding steroid dienone is 2. The first-order valence-electron chi connectivity index (χ1n) is 20.8. The molecule has 1 saturated heterocycles. The summed E-state index contributed by atoms with van der Waals surface area (Å²) in [7, 11) is 0. The molecule has 0 aromatic rings. The van der Waals surface area contributed by atoms with E-state index in [0.717, 1.165) is 57.8 Å². The zero-order valence-electron chi connectivity index (χ0n) is 32.4. The van der Waals surface area contributed by atoms with Crippen molar-refractivity contribution in [3.8, 4) is 0 Å². The monoisotopic (exact) mass is 729 g/mol. The molecule has 51 heavy (non-hydrogen) atoms. The van der Waals surface area contributed by atoms with Crippen LogP contribution in [0.1, 0.15) is 181 Å². The van der Waals surface area contributed by atoms with E-state index in [1.54, 1.807) is 0 Å². The van der Waals surface area contributed by atoms with Gasteiger partial charge in [-0.15, -0.1) is 0 Å². The van der Waals surface area contributed by atoms with Crippen molar-refractivity contribution in [3.05, 3.63) is 12.2 Å². The molecule has 300 valence electrons. The standard InChI is InChI=1S/C41H76O10/c1-3-5-7-9-11-13-15-17-19-21-23-25-27-29-36(43)48-32-34(33-49-41-40(47)39(46)38(45)35(31-42)51-41)50-37(44)30-28-26-24-22-20-18-16-14-12-10-8-6-4-2/h14,16,34-35,38-42,45-47H,3-13,15,17-33H2,1-2H3/b16-14-/t34?,35-,38+,39+,40-,41-/m1/s1. The van der Waals surface area contributed by atoms with Crippen LogP contribution in [0.2, 0.25) is 0 Å². The molecule has 0 spiro atoms. The summed E-state index contributed by atoms with van der Waals surface area (Å²) >= 11 is 0. The quantitative estimate of drug-likeness (QED) is 0.0291. The summed E-state index contributed by atoms with van der Waals surface area (Å²) in [6, 6.07) is 0. The minimum absolute atomic E-state index is 0.216. The lowest BCUT2D eigenvalue weighted by Gasteiger charge is -2.39. The molecule has 0 amide bonds. The largest absolute Gasteiger partial charge is 0.462 e. The molecule has 0 aromatic carbocycles. The van der Waals surface area contributed by atoms with Crippen molar-refractivity contribution in [2.45, 2.75) is 218 Å². The third kappa shape index (κ3) is 25.2. The van der Waals surface area contributed by atoms with E-state index >= 15 is 0 Å². The van der Waals surface area contributed by atoms with Gasteiger partial charge in [-0.05, 0) is 38.5 Å². The summed E-state index contributed by atoms with van der Waals surface area (Å²) in [6.45, 7) is 3.39. The molecule has 0 aliphatic carbocycles. The van der Waals surface area contributed by atoms with Gasteiger partial charge in [0.2, 0.25) is 0 Å². The van der Waals surface area contributed by atoms with Gasteiger partial charge in [0.1, 0.15) is 31.0 Å². The van der Waals surface area contributed by atoms with Crippen LogP contribution in [-0.4, -0.2) is 89.0 Å². The number of hydrogen-bond acceptors (Lipinski definition) is 10. The summed E-state index contributed by atoms with van der Waals surface area (Å²) in [6.07, 6.45) is 25.0. The fourth-order valence-electron chi connectivity index (χ4n) is 6.30. The van der Waals surface area contributed by atoms with Crippen LogP contribution in [-0.2, 0) is 28.5 Å². The number of aliphatic hydroxyl groups is 4. The summed E-state index contributed by atoms with van der Waals surface area (Å²) in [5.74, 6) is -0.811. The molecule has 1 aliphatic rings. The molecule has 1 aliphatic heterocycles. The molecule has 0 bridgehead atoms. The molecule has 4 N–H and O–H groups in total. The predicted octanol–water partition coefficient (Wildman–Crippen LogP) is 8.00. The highest BCUT2D eigenvalue weighted by Gasteiger charge is 2.44. The van der Waals surface area contributed by atoms with E-state index in [1.165, 1.54) is 89.9 Å². The van der Waals surface area contributed by atoms with E-state index in [2.05, 4.69) is 26.0 Å². The van der Waals surface area contributed by atoms with Crippen molar-refractivity contribution in [2.75, 3.05) is 19.8 Å². The Morgan fingerprint density at radius 2 is 1.04 bits per heavy atom. The highest BCUT2D eigenvalue weighted by Crippen LogP contribution is 2.22. The Labute approximate surface area is 310 Å². The van der Waals surface area contributed by atoms with E-state index < -0.39 is 49.4 Å². The SMILES string of the molecule is CCCCCC/C=C\CCCCCCCC(=O)OC(COC(=O)CCCCCCCCCCCCCCC)CO[C@@H]1O[C@H](CO)[C@H](O)[C@H](O)[C@H]1O. The van der Waals surface area contributed by atoms with Crippen LogP contribution in [0.4, 0.5) is 0 Å². The third-order valence-electron chi connectivity index (χ3n) is 9.65. The van der Waals surface area contributed by atoms with Gasteiger partial charge in [-0.2, -0.15) is 0 Å². The fraction of sp³-hybridized carbons (Fsp3) is 0.902. The molecule has 1 fully saturated rings. The average molecular weight is 729 g/mol. The summed E-state index contributed by atoms with van der Waals surface area (Å²) in [5, 5.41) is 39.9. The number of carbonyl (C=O) groups excluding carboxylic acids is 2. The minimum atomic E-state index is -1.59. The normalized spacial score (nSPS) is 21.3. The highest BCUT2D eigenvalue weighted by molar-refractivity contribution is 5.70. The van der Waals surface area contributed by atoms with Crippen LogP contribution in [0.5, 0.6) is 0 Å². The van der Waals surface area contributed by atoms with Gasteiger partial charge in [-0.3, -0.25) is 9.59 Å². The maximum atomic E-state index is 12.7. The third-order valence-corrected chi connectivity index (χ3v) is 9.65. The second kappa shape index (κ2) is 33.0. The molecular formula is C41H76O10. The van der Waals surface area contributed by atoms with Crippen molar-refractivity contribution < 1.29 is 49.0 Å². The van der Waals surface area contributed by atoms with Crippen molar-refractivity contribution in [2.24, 2.45) is 0 Å². The molecule has 10 nitrogen and oxygen atoms in total. The van der Waals surface area contributed by atoms with Crippen LogP contribution in [0.3, 0.4) is 0 Å². The Hall–Kier alpha value is -1.56. The molecule has 1 rings (SSSR count). The van der Waals surface area contributed by atoms with Gasteiger partial charge in [0, 0.05) is 12.8 Å². The van der Waals surface area contributed by atoms with Crippen molar-refractivity contribution in [3.63, 3.8) is 0 Å². The molecule has 0 aromatic heterocycles. The summed E-state index contributed by atoms with van der Waals surface area (Å²) < 4.78 is 22.1. The summed E-state index contributed by atoms with van der Waals surface area (Å²) in [5.41, 5.74) is 0. The molecule has 1 heterocycles. The predicted molar refractivity (Wildman–Crippen MR) is 201 cm³/mol. The Balaban J connectivity index is 2.37. The first kappa shape index (κ1) is 47.5. The van der Waals surface area contributed by atoms with E-state index in [1.807, 2.05) is 0 Å². The zero-order chi connectivity index (χ0) is 37.4. The van der Waals surface area contributed by atoms with Crippen LogP contribution in [0, 0.1) is 0 Å². The van der Waals surface area contributed by atoms with Crippen LogP contribution < -0.4 is 0 Å². The Bertz CT molecular complexity index is 850. The zero-order valence-corrected chi connectivity index (χ0v) is 32.4. The number of rotatable bonds is 34. The molecular weight excluding hydrogens is 652 g/mol. The maximum absolute atomic E-state index is 12.7. The van der Waals surface area contributed by atoms with E-state index in [9.17, 15) is 30.0 Å².